The van der Waals surface area contributed by atoms with Gasteiger partial charge in [-0.1, -0.05) is 25.8 Å². The van der Waals surface area contributed by atoms with Crippen LogP contribution in [0.15, 0.2) is 34.6 Å². The molecular weight excluding hydrogens is 340 g/mol. The number of pyridine rings is 1. The van der Waals surface area contributed by atoms with E-state index in [1.54, 1.807) is 0 Å². The van der Waals surface area contributed by atoms with Gasteiger partial charge in [-0.25, -0.2) is 0 Å². The van der Waals surface area contributed by atoms with Crippen LogP contribution in [-0.2, 0) is 0 Å². The van der Waals surface area contributed by atoms with Crippen molar-refractivity contribution in [3.8, 4) is 11.5 Å². The summed E-state index contributed by atoms with van der Waals surface area (Å²) in [7, 11) is 0. The third kappa shape index (κ3) is 5.78. The van der Waals surface area contributed by atoms with Crippen LogP contribution >= 0.6 is 0 Å². The van der Waals surface area contributed by atoms with Crippen molar-refractivity contribution in [2.24, 2.45) is 5.92 Å². The van der Waals surface area contributed by atoms with E-state index in [9.17, 15) is 4.79 Å². The summed E-state index contributed by atoms with van der Waals surface area (Å²) < 4.78 is 11.9. The predicted molar refractivity (Wildman–Crippen MR) is 113 cm³/mol. The molecule has 148 valence electrons. The van der Waals surface area contributed by atoms with E-state index in [1.807, 2.05) is 45.0 Å². The second-order valence-corrected chi connectivity index (χ2v) is 7.20. The maximum absolute atomic E-state index is 12.7. The van der Waals surface area contributed by atoms with Crippen LogP contribution in [0.25, 0.3) is 10.9 Å². The fourth-order valence-corrected chi connectivity index (χ4v) is 2.93. The van der Waals surface area contributed by atoms with Gasteiger partial charge in [0.25, 0.3) is 5.56 Å². The van der Waals surface area contributed by atoms with E-state index in [4.69, 9.17) is 9.47 Å². The summed E-state index contributed by atoms with van der Waals surface area (Å²) in [5, 5.41) is 4.11. The molecule has 0 bridgehead atoms. The van der Waals surface area contributed by atoms with Crippen molar-refractivity contribution in [1.29, 1.82) is 0 Å². The van der Waals surface area contributed by atoms with Gasteiger partial charge in [-0.2, -0.15) is 0 Å². The molecule has 0 radical (unpaired) electrons. The van der Waals surface area contributed by atoms with E-state index in [0.29, 0.717) is 24.9 Å². The number of fused-ring (bicyclic) bond motifs is 1. The molecule has 0 spiro atoms. The van der Waals surface area contributed by atoms with Crippen molar-refractivity contribution < 1.29 is 9.47 Å². The van der Waals surface area contributed by atoms with Crippen LogP contribution in [0.3, 0.4) is 0 Å². The molecule has 0 fully saturated rings. The molecule has 1 heterocycles. The Kier molecular flexibility index (Phi) is 7.77. The molecular formula is C22H32N2O3. The van der Waals surface area contributed by atoms with Crippen molar-refractivity contribution in [3.05, 3.63) is 40.2 Å². The summed E-state index contributed by atoms with van der Waals surface area (Å²) in [6.07, 6.45) is 4.14. The molecule has 2 rings (SSSR count). The molecule has 0 aliphatic rings. The van der Waals surface area contributed by atoms with Crippen LogP contribution in [0.5, 0.6) is 11.5 Å². The summed E-state index contributed by atoms with van der Waals surface area (Å²) in [6.45, 7) is 12.1. The third-order valence-electron chi connectivity index (χ3n) is 4.32. The van der Waals surface area contributed by atoms with Gasteiger partial charge in [0.2, 0.25) is 5.75 Å². The first-order chi connectivity index (χ1) is 13.0. The molecule has 5 heteroatoms. The second-order valence-electron chi connectivity index (χ2n) is 7.20. The number of rotatable bonds is 10. The highest BCUT2D eigenvalue weighted by Gasteiger charge is 2.17. The Hall–Kier alpha value is -2.43. The van der Waals surface area contributed by atoms with Crippen molar-refractivity contribution in [3.63, 3.8) is 0 Å². The fourth-order valence-electron chi connectivity index (χ4n) is 2.93. The Morgan fingerprint density at radius 1 is 1.22 bits per heavy atom. The molecule has 0 aliphatic heterocycles. The number of allylic oxidation sites excluding steroid dienone is 1. The number of hydrogen-bond acceptors (Lipinski definition) is 4. The molecule has 27 heavy (non-hydrogen) atoms. The molecule has 2 N–H and O–H groups in total. The maximum Gasteiger partial charge on any atom is 0.294 e. The number of hydrogen-bond donors (Lipinski definition) is 2. The van der Waals surface area contributed by atoms with Crippen molar-refractivity contribution in [2.45, 2.75) is 47.5 Å². The van der Waals surface area contributed by atoms with Crippen LogP contribution in [0, 0.1) is 5.92 Å². The zero-order chi connectivity index (χ0) is 19.8. The quantitative estimate of drug-likeness (QED) is 0.568. The van der Waals surface area contributed by atoms with Crippen LogP contribution in [0.1, 0.15) is 47.5 Å². The highest BCUT2D eigenvalue weighted by Crippen LogP contribution is 2.33. The van der Waals surface area contributed by atoms with Crippen LogP contribution in [0.2, 0.25) is 0 Å². The van der Waals surface area contributed by atoms with Gasteiger partial charge < -0.3 is 19.8 Å². The molecule has 1 aromatic heterocycles. The zero-order valence-corrected chi connectivity index (χ0v) is 17.1. The predicted octanol–water partition coefficient (Wildman–Crippen LogP) is 5.12. The summed E-state index contributed by atoms with van der Waals surface area (Å²) in [4.78, 5) is 15.6. The Balaban J connectivity index is 2.44. The number of aromatic nitrogens is 1. The first-order valence-corrected chi connectivity index (χ1v) is 9.79. The molecule has 0 aliphatic carbocycles. The van der Waals surface area contributed by atoms with Crippen molar-refractivity contribution in [2.75, 3.05) is 25.1 Å². The van der Waals surface area contributed by atoms with E-state index in [2.05, 4.69) is 24.1 Å². The lowest BCUT2D eigenvalue weighted by atomic mass is 10.1. The number of H-pyrrole nitrogens is 1. The van der Waals surface area contributed by atoms with Crippen LogP contribution in [0.4, 0.5) is 5.69 Å². The molecule has 1 unspecified atom stereocenters. The van der Waals surface area contributed by atoms with Gasteiger partial charge in [0.15, 0.2) is 5.75 Å². The standard InChI is InChI=1S/C22H32N2O3/c1-6-8-16(5)14-27-21-20(26-12-11-15(3)4)18-10-9-17(23-7-2)13-19(18)24-22(21)25/h9-11,13,16,23H,6-8,12,14H2,1-5H3,(H,24,25). The minimum Gasteiger partial charge on any atom is -0.485 e. The van der Waals surface area contributed by atoms with Gasteiger partial charge in [-0.15, -0.1) is 0 Å². The highest BCUT2D eigenvalue weighted by molar-refractivity contribution is 5.89. The Labute approximate surface area is 161 Å². The molecule has 2 aromatic rings. The Bertz CT molecular complexity index is 835. The van der Waals surface area contributed by atoms with E-state index in [-0.39, 0.29) is 11.3 Å². The van der Waals surface area contributed by atoms with Gasteiger partial charge in [-0.05, 0) is 57.4 Å². The monoisotopic (exact) mass is 372 g/mol. The third-order valence-corrected chi connectivity index (χ3v) is 4.32. The Morgan fingerprint density at radius 2 is 2.00 bits per heavy atom. The fraction of sp³-hybridized carbons (Fsp3) is 0.500. The van der Waals surface area contributed by atoms with Gasteiger partial charge in [0, 0.05) is 17.6 Å². The summed E-state index contributed by atoms with van der Waals surface area (Å²) in [5.41, 5.74) is 2.60. The summed E-state index contributed by atoms with van der Waals surface area (Å²) in [6, 6.07) is 5.88. The van der Waals surface area contributed by atoms with Gasteiger partial charge >= 0.3 is 0 Å². The number of nitrogens with one attached hydrogen (secondary N) is 2. The van der Waals surface area contributed by atoms with E-state index in [1.165, 1.54) is 0 Å². The number of ether oxygens (including phenoxy) is 2. The number of benzene rings is 1. The van der Waals surface area contributed by atoms with Gasteiger partial charge in [-0.3, -0.25) is 4.79 Å². The molecule has 5 nitrogen and oxygen atoms in total. The second kappa shape index (κ2) is 10.0. The summed E-state index contributed by atoms with van der Waals surface area (Å²) >= 11 is 0. The Morgan fingerprint density at radius 3 is 2.67 bits per heavy atom. The minimum absolute atomic E-state index is 0.257. The maximum atomic E-state index is 12.7. The highest BCUT2D eigenvalue weighted by atomic mass is 16.5. The minimum atomic E-state index is -0.257. The van der Waals surface area contributed by atoms with Crippen molar-refractivity contribution in [1.82, 2.24) is 4.98 Å². The average molecular weight is 373 g/mol. The lowest BCUT2D eigenvalue weighted by Crippen LogP contribution is -2.17. The molecule has 0 saturated carbocycles. The lowest BCUT2D eigenvalue weighted by Gasteiger charge is -2.17. The summed E-state index contributed by atoms with van der Waals surface area (Å²) in [5.74, 6) is 1.16. The number of aromatic amines is 1. The van der Waals surface area contributed by atoms with Crippen LogP contribution in [-0.4, -0.2) is 24.7 Å². The molecule has 0 amide bonds. The van der Waals surface area contributed by atoms with E-state index < -0.39 is 0 Å². The van der Waals surface area contributed by atoms with Gasteiger partial charge in [0.05, 0.1) is 12.1 Å². The first-order valence-electron chi connectivity index (χ1n) is 9.79. The lowest BCUT2D eigenvalue weighted by molar-refractivity contribution is 0.234. The van der Waals surface area contributed by atoms with Gasteiger partial charge in [0.1, 0.15) is 6.61 Å². The molecule has 1 atom stereocenters. The molecule has 0 saturated heterocycles. The van der Waals surface area contributed by atoms with Crippen molar-refractivity contribution >= 4 is 16.6 Å². The smallest absolute Gasteiger partial charge is 0.294 e. The normalized spacial score (nSPS) is 11.9. The average Bonchev–Trinajstić information content (AvgIpc) is 2.61. The largest absolute Gasteiger partial charge is 0.485 e. The number of anilines is 1. The topological polar surface area (TPSA) is 63.4 Å². The molecule has 1 aromatic carbocycles. The zero-order valence-electron chi connectivity index (χ0n) is 17.1. The SMILES string of the molecule is CCCC(C)COc1c(OCC=C(C)C)c2ccc(NCC)cc2[nH]c1=O. The van der Waals surface area contributed by atoms with Crippen LogP contribution < -0.4 is 20.3 Å². The van der Waals surface area contributed by atoms with E-state index in [0.717, 1.165) is 41.5 Å². The van der Waals surface area contributed by atoms with E-state index >= 15 is 0 Å². The first kappa shape index (κ1) is 20.9.